The molecule has 0 heterocycles. The van der Waals surface area contributed by atoms with E-state index in [4.69, 9.17) is 9.84 Å². The highest BCUT2D eigenvalue weighted by Gasteiger charge is 2.37. The first kappa shape index (κ1) is 15.4. The quantitative estimate of drug-likeness (QED) is 0.807. The minimum Gasteiger partial charge on any atom is -0.497 e. The molecule has 114 valence electrons. The lowest BCUT2D eigenvalue weighted by Crippen LogP contribution is -2.42. The molecule has 1 aromatic rings. The Morgan fingerprint density at radius 2 is 1.95 bits per heavy atom. The van der Waals surface area contributed by atoms with Crippen molar-refractivity contribution >= 4 is 11.9 Å². The number of hydrogen-bond acceptors (Lipinski definition) is 3. The number of carbonyl (C=O) groups excluding carboxylic acids is 1. The first-order chi connectivity index (χ1) is 10.0. The molecule has 21 heavy (non-hydrogen) atoms. The van der Waals surface area contributed by atoms with Gasteiger partial charge in [0.2, 0.25) is 5.91 Å². The minimum atomic E-state index is -0.942. The Morgan fingerprint density at radius 1 is 1.33 bits per heavy atom. The van der Waals surface area contributed by atoms with Crippen LogP contribution < -0.4 is 10.1 Å². The molecule has 0 aromatic heterocycles. The second-order valence-corrected chi connectivity index (χ2v) is 5.60. The molecule has 1 aliphatic carbocycles. The molecule has 2 unspecified atom stereocenters. The lowest BCUT2D eigenvalue weighted by atomic mass is 9.97. The maximum atomic E-state index is 12.0. The van der Waals surface area contributed by atoms with Crippen molar-refractivity contribution in [3.05, 3.63) is 29.8 Å². The fraction of sp³-hybridized carbons (Fsp3) is 0.500. The van der Waals surface area contributed by atoms with Crippen LogP contribution in [0.15, 0.2) is 24.3 Å². The van der Waals surface area contributed by atoms with Crippen molar-refractivity contribution < 1.29 is 19.4 Å². The van der Waals surface area contributed by atoms with Gasteiger partial charge in [0.25, 0.3) is 0 Å². The summed E-state index contributed by atoms with van der Waals surface area (Å²) in [6, 6.07) is 6.82. The molecular formula is C16H21NO4. The molecule has 0 aliphatic heterocycles. The minimum absolute atomic E-state index is 0.0320. The van der Waals surface area contributed by atoms with Crippen LogP contribution in [-0.4, -0.2) is 30.1 Å². The number of carboxylic acid groups (broad SMARTS) is 1. The third-order valence-electron chi connectivity index (χ3n) is 3.85. The lowest BCUT2D eigenvalue weighted by Gasteiger charge is -2.16. The van der Waals surface area contributed by atoms with Gasteiger partial charge in [0.1, 0.15) is 11.8 Å². The third-order valence-corrected chi connectivity index (χ3v) is 3.85. The number of ether oxygens (including phenoxy) is 1. The van der Waals surface area contributed by atoms with E-state index in [9.17, 15) is 9.59 Å². The molecule has 1 amide bonds. The van der Waals surface area contributed by atoms with Crippen molar-refractivity contribution in [2.45, 2.75) is 38.1 Å². The zero-order valence-corrected chi connectivity index (χ0v) is 12.3. The van der Waals surface area contributed by atoms with E-state index in [2.05, 4.69) is 5.32 Å². The van der Waals surface area contributed by atoms with E-state index in [0.717, 1.165) is 24.2 Å². The first-order valence-electron chi connectivity index (χ1n) is 7.17. The number of methoxy groups -OCH3 is 1. The average Bonchev–Trinajstić information content (AvgIpc) is 3.29. The molecule has 0 spiro atoms. The van der Waals surface area contributed by atoms with Crippen LogP contribution in [0.1, 0.15) is 37.7 Å². The summed E-state index contributed by atoms with van der Waals surface area (Å²) in [7, 11) is 1.61. The van der Waals surface area contributed by atoms with Crippen molar-refractivity contribution in [2.24, 2.45) is 5.92 Å². The molecule has 1 saturated carbocycles. The van der Waals surface area contributed by atoms with Crippen LogP contribution >= 0.6 is 0 Å². The number of carbonyl (C=O) groups is 2. The lowest BCUT2D eigenvalue weighted by molar-refractivity contribution is -0.142. The highest BCUT2D eigenvalue weighted by molar-refractivity contribution is 5.84. The van der Waals surface area contributed by atoms with Gasteiger partial charge in [-0.05, 0) is 42.4 Å². The Bertz CT molecular complexity index is 508. The van der Waals surface area contributed by atoms with Gasteiger partial charge in [-0.15, -0.1) is 0 Å². The van der Waals surface area contributed by atoms with E-state index < -0.39 is 12.0 Å². The van der Waals surface area contributed by atoms with Gasteiger partial charge in [-0.25, -0.2) is 4.79 Å². The second kappa shape index (κ2) is 6.61. The van der Waals surface area contributed by atoms with Crippen LogP contribution in [-0.2, 0) is 9.59 Å². The fourth-order valence-electron chi connectivity index (χ4n) is 2.37. The van der Waals surface area contributed by atoms with Crippen LogP contribution in [0.2, 0.25) is 0 Å². The summed E-state index contributed by atoms with van der Waals surface area (Å²) in [6.07, 6.45) is 2.04. The number of amides is 1. The monoisotopic (exact) mass is 291 g/mol. The Balaban J connectivity index is 1.90. The smallest absolute Gasteiger partial charge is 0.326 e. The van der Waals surface area contributed by atoms with E-state index in [1.54, 1.807) is 7.11 Å². The molecule has 1 fully saturated rings. The topological polar surface area (TPSA) is 75.6 Å². The van der Waals surface area contributed by atoms with Gasteiger partial charge in [-0.1, -0.05) is 19.1 Å². The van der Waals surface area contributed by atoms with Crippen LogP contribution in [0.5, 0.6) is 5.75 Å². The van der Waals surface area contributed by atoms with Gasteiger partial charge in [0.15, 0.2) is 0 Å². The standard InChI is InChI=1S/C16H21NO4/c1-10(11-5-7-13(21-2)8-6-11)9-14(18)17-15(16(19)20)12-3-4-12/h5-8,10,12,15H,3-4,9H2,1-2H3,(H,17,18)(H,19,20). The summed E-state index contributed by atoms with van der Waals surface area (Å²) in [5.41, 5.74) is 1.03. The maximum Gasteiger partial charge on any atom is 0.326 e. The Kier molecular flexibility index (Phi) is 4.83. The molecular weight excluding hydrogens is 270 g/mol. The highest BCUT2D eigenvalue weighted by atomic mass is 16.5. The number of rotatable bonds is 7. The summed E-state index contributed by atoms with van der Waals surface area (Å²) in [5.74, 6) is -0.247. The molecule has 0 bridgehead atoms. The second-order valence-electron chi connectivity index (χ2n) is 5.60. The van der Waals surface area contributed by atoms with Crippen LogP contribution in [0.3, 0.4) is 0 Å². The summed E-state index contributed by atoms with van der Waals surface area (Å²) < 4.78 is 5.10. The molecule has 1 aromatic carbocycles. The van der Waals surface area contributed by atoms with Gasteiger partial charge in [0.05, 0.1) is 7.11 Å². The predicted molar refractivity (Wildman–Crippen MR) is 78.3 cm³/mol. The third kappa shape index (κ3) is 4.21. The molecule has 2 atom stereocenters. The molecule has 0 radical (unpaired) electrons. The van der Waals surface area contributed by atoms with E-state index in [1.807, 2.05) is 31.2 Å². The molecule has 5 nitrogen and oxygen atoms in total. The number of hydrogen-bond donors (Lipinski definition) is 2. The number of nitrogens with one attached hydrogen (secondary N) is 1. The number of carboxylic acids is 1. The van der Waals surface area contributed by atoms with Gasteiger partial charge >= 0.3 is 5.97 Å². The zero-order chi connectivity index (χ0) is 15.4. The zero-order valence-electron chi connectivity index (χ0n) is 12.3. The Labute approximate surface area is 124 Å². The normalized spacial score (nSPS) is 16.9. The van der Waals surface area contributed by atoms with Crippen molar-refractivity contribution in [3.8, 4) is 5.75 Å². The average molecular weight is 291 g/mol. The number of aliphatic carboxylic acids is 1. The molecule has 2 rings (SSSR count). The van der Waals surface area contributed by atoms with Crippen molar-refractivity contribution in [1.29, 1.82) is 0 Å². The van der Waals surface area contributed by atoms with Gasteiger partial charge < -0.3 is 15.2 Å². The van der Waals surface area contributed by atoms with E-state index in [-0.39, 0.29) is 24.2 Å². The molecule has 1 aliphatic rings. The maximum absolute atomic E-state index is 12.0. The van der Waals surface area contributed by atoms with E-state index >= 15 is 0 Å². The first-order valence-corrected chi connectivity index (χ1v) is 7.17. The largest absolute Gasteiger partial charge is 0.497 e. The van der Waals surface area contributed by atoms with Gasteiger partial charge in [0, 0.05) is 6.42 Å². The van der Waals surface area contributed by atoms with Gasteiger partial charge in [-0.3, -0.25) is 4.79 Å². The number of benzene rings is 1. The summed E-state index contributed by atoms with van der Waals surface area (Å²) in [4.78, 5) is 23.1. The van der Waals surface area contributed by atoms with Crippen molar-refractivity contribution in [2.75, 3.05) is 7.11 Å². The van der Waals surface area contributed by atoms with Crippen LogP contribution in [0.25, 0.3) is 0 Å². The predicted octanol–water partition coefficient (Wildman–Crippen LogP) is 2.17. The van der Waals surface area contributed by atoms with Gasteiger partial charge in [-0.2, -0.15) is 0 Å². The van der Waals surface area contributed by atoms with Crippen molar-refractivity contribution in [3.63, 3.8) is 0 Å². The summed E-state index contributed by atoms with van der Waals surface area (Å²) in [6.45, 7) is 1.95. The summed E-state index contributed by atoms with van der Waals surface area (Å²) >= 11 is 0. The fourth-order valence-corrected chi connectivity index (χ4v) is 2.37. The van der Waals surface area contributed by atoms with Crippen LogP contribution in [0.4, 0.5) is 0 Å². The Hall–Kier alpha value is -2.04. The molecule has 5 heteroatoms. The Morgan fingerprint density at radius 3 is 2.43 bits per heavy atom. The van der Waals surface area contributed by atoms with Crippen LogP contribution in [0, 0.1) is 5.92 Å². The highest BCUT2D eigenvalue weighted by Crippen LogP contribution is 2.33. The van der Waals surface area contributed by atoms with E-state index in [1.165, 1.54) is 0 Å². The molecule has 0 saturated heterocycles. The SMILES string of the molecule is COc1ccc(C(C)CC(=O)NC(C(=O)O)C2CC2)cc1. The summed E-state index contributed by atoms with van der Waals surface area (Å²) in [5, 5.41) is 11.8. The van der Waals surface area contributed by atoms with Crippen molar-refractivity contribution in [1.82, 2.24) is 5.32 Å². The van der Waals surface area contributed by atoms with E-state index in [0.29, 0.717) is 0 Å². The molecule has 2 N–H and O–H groups in total.